The Morgan fingerprint density at radius 2 is 1.33 bits per heavy atom. The molecule has 0 aromatic rings. The Morgan fingerprint density at radius 3 is 1.76 bits per heavy atom. The van der Waals surface area contributed by atoms with Crippen LogP contribution in [0.15, 0.2) is 0 Å². The fourth-order valence-electron chi connectivity index (χ4n) is 2.26. The second kappa shape index (κ2) is 15.1. The summed E-state index contributed by atoms with van der Waals surface area (Å²) < 4.78 is 32.1. The molecule has 6 heteroatoms. The van der Waals surface area contributed by atoms with E-state index < -0.39 is 15.4 Å². The van der Waals surface area contributed by atoms with Gasteiger partial charge in [0.2, 0.25) is 0 Å². The summed E-state index contributed by atoms with van der Waals surface area (Å²) in [5, 5.41) is 9.01. The van der Waals surface area contributed by atoms with E-state index >= 15 is 0 Å². The van der Waals surface area contributed by atoms with Gasteiger partial charge in [-0.1, -0.05) is 58.3 Å². The quantitative estimate of drug-likeness (QED) is 0.301. The molecule has 2 atom stereocenters. The summed E-state index contributed by atoms with van der Waals surface area (Å²) in [7, 11) is -4.11. The molecule has 0 radical (unpaired) electrons. The van der Waals surface area contributed by atoms with E-state index in [1.54, 1.807) is 0 Å². The maximum Gasteiger partial charge on any atom is 1.00 e. The largest absolute Gasteiger partial charge is 1.00 e. The van der Waals surface area contributed by atoms with Crippen molar-refractivity contribution in [3.05, 3.63) is 0 Å². The van der Waals surface area contributed by atoms with Gasteiger partial charge >= 0.3 is 51.4 Å². The first-order valence-electron chi connectivity index (χ1n) is 8.00. The number of aliphatic hydroxyl groups excluding tert-OH is 1. The Kier molecular flexibility index (Phi) is 17.8. The fraction of sp³-hybridized carbons (Fsp3) is 1.00. The van der Waals surface area contributed by atoms with Gasteiger partial charge in [0.05, 0.1) is 16.2 Å². The van der Waals surface area contributed by atoms with Crippen LogP contribution in [0.2, 0.25) is 0 Å². The van der Waals surface area contributed by atoms with Crippen molar-refractivity contribution < 1.29 is 69.5 Å². The van der Waals surface area contributed by atoms with E-state index in [0.29, 0.717) is 6.42 Å². The van der Waals surface area contributed by atoms with Crippen LogP contribution in [0.5, 0.6) is 0 Å². The van der Waals surface area contributed by atoms with E-state index in [-0.39, 0.29) is 57.5 Å². The monoisotopic (exact) mass is 346 g/mol. The molecule has 0 amide bonds. The van der Waals surface area contributed by atoms with Crippen LogP contribution in [0.3, 0.4) is 0 Å². The van der Waals surface area contributed by atoms with Crippen LogP contribution >= 0.6 is 0 Å². The second-order valence-electron chi connectivity index (χ2n) is 5.80. The predicted molar refractivity (Wildman–Crippen MR) is 81.6 cm³/mol. The molecule has 0 saturated carbocycles. The minimum absolute atomic E-state index is 0. The second-order valence-corrected chi connectivity index (χ2v) is 7.59. The standard InChI is InChI=1S/C15H32O4S.K/c1-3-4-5-9-12-15(16)13-10-7-6-8-11-14(2)20(17,18)19;/h14-16H,3-13H2,1-2H3,(H,17,18,19);/q;+1/p-1. The minimum atomic E-state index is -4.11. The van der Waals surface area contributed by atoms with Gasteiger partial charge in [0.25, 0.3) is 0 Å². The Bertz CT molecular complexity index is 320. The molecule has 21 heavy (non-hydrogen) atoms. The van der Waals surface area contributed by atoms with Crippen molar-refractivity contribution in [2.75, 3.05) is 0 Å². The van der Waals surface area contributed by atoms with E-state index in [1.165, 1.54) is 26.2 Å². The van der Waals surface area contributed by atoms with Gasteiger partial charge in [0, 0.05) is 5.25 Å². The van der Waals surface area contributed by atoms with Crippen LogP contribution in [0.4, 0.5) is 0 Å². The van der Waals surface area contributed by atoms with Crippen molar-refractivity contribution in [1.82, 2.24) is 0 Å². The van der Waals surface area contributed by atoms with Crippen molar-refractivity contribution in [3.8, 4) is 0 Å². The van der Waals surface area contributed by atoms with Crippen LogP contribution in [0, 0.1) is 0 Å². The molecule has 0 heterocycles. The molecule has 0 aliphatic heterocycles. The summed E-state index contributed by atoms with van der Waals surface area (Å²) in [6.07, 6.45) is 10.4. The van der Waals surface area contributed by atoms with Crippen molar-refractivity contribution in [2.24, 2.45) is 0 Å². The summed E-state index contributed by atoms with van der Waals surface area (Å²) in [6.45, 7) is 3.65. The molecule has 0 fully saturated rings. The van der Waals surface area contributed by atoms with Crippen molar-refractivity contribution >= 4 is 10.1 Å². The molecule has 4 nitrogen and oxygen atoms in total. The summed E-state index contributed by atoms with van der Waals surface area (Å²) in [5.41, 5.74) is 0. The molecule has 0 aliphatic carbocycles. The van der Waals surface area contributed by atoms with Crippen molar-refractivity contribution in [3.63, 3.8) is 0 Å². The van der Waals surface area contributed by atoms with Gasteiger partial charge in [-0.25, -0.2) is 8.42 Å². The Balaban J connectivity index is 0. The van der Waals surface area contributed by atoms with E-state index in [2.05, 4.69) is 6.92 Å². The maximum absolute atomic E-state index is 10.7. The van der Waals surface area contributed by atoms with Crippen LogP contribution < -0.4 is 51.4 Å². The van der Waals surface area contributed by atoms with Crippen LogP contribution in [0.25, 0.3) is 0 Å². The Hall–Kier alpha value is 1.51. The molecule has 2 unspecified atom stereocenters. The van der Waals surface area contributed by atoms with Gasteiger partial charge in [0.1, 0.15) is 0 Å². The van der Waals surface area contributed by atoms with Gasteiger partial charge in [-0.2, -0.15) is 0 Å². The SMILES string of the molecule is CCCCCCC(O)CCCCCCC(C)S(=O)(=O)[O-].[K+]. The third-order valence-electron chi connectivity index (χ3n) is 3.78. The van der Waals surface area contributed by atoms with Crippen LogP contribution in [-0.4, -0.2) is 29.4 Å². The molecule has 122 valence electrons. The van der Waals surface area contributed by atoms with E-state index in [1.807, 2.05) is 0 Å². The molecule has 1 N–H and O–H groups in total. The molecule has 0 bridgehead atoms. The predicted octanol–water partition coefficient (Wildman–Crippen LogP) is 0.596. The number of aliphatic hydroxyl groups is 1. The summed E-state index contributed by atoms with van der Waals surface area (Å²) >= 11 is 0. The van der Waals surface area contributed by atoms with E-state index in [0.717, 1.165) is 44.9 Å². The third-order valence-corrected chi connectivity index (χ3v) is 5.00. The molecule has 0 spiro atoms. The number of hydrogen-bond acceptors (Lipinski definition) is 4. The third kappa shape index (κ3) is 16.2. The zero-order valence-electron chi connectivity index (χ0n) is 14.0. The molecule has 0 aromatic carbocycles. The molecular weight excluding hydrogens is 315 g/mol. The zero-order chi connectivity index (χ0) is 15.4. The van der Waals surface area contributed by atoms with Gasteiger partial charge in [-0.15, -0.1) is 0 Å². The molecule has 0 rings (SSSR count). The van der Waals surface area contributed by atoms with Crippen LogP contribution in [0.1, 0.15) is 84.5 Å². The number of hydrogen-bond donors (Lipinski definition) is 1. The summed E-state index contributed by atoms with van der Waals surface area (Å²) in [5.74, 6) is 0. The first kappa shape index (κ1) is 24.8. The average molecular weight is 347 g/mol. The minimum Gasteiger partial charge on any atom is -0.748 e. The molecule has 0 saturated heterocycles. The topological polar surface area (TPSA) is 77.4 Å². The smallest absolute Gasteiger partial charge is 0.748 e. The van der Waals surface area contributed by atoms with E-state index in [4.69, 9.17) is 0 Å². The first-order chi connectivity index (χ1) is 9.38. The van der Waals surface area contributed by atoms with Crippen molar-refractivity contribution in [2.45, 2.75) is 95.8 Å². The zero-order valence-corrected chi connectivity index (χ0v) is 18.0. The average Bonchev–Trinajstić information content (AvgIpc) is 2.37. The molecular formula is C15H31KO4S. The summed E-state index contributed by atoms with van der Waals surface area (Å²) in [6, 6.07) is 0. The van der Waals surface area contributed by atoms with Crippen LogP contribution in [-0.2, 0) is 10.1 Å². The van der Waals surface area contributed by atoms with Crippen molar-refractivity contribution in [1.29, 1.82) is 0 Å². The Labute approximate surface area is 173 Å². The fourth-order valence-corrected chi connectivity index (χ4v) is 2.72. The molecule has 0 aliphatic rings. The van der Waals surface area contributed by atoms with Gasteiger partial charge in [-0.05, 0) is 26.2 Å². The normalized spacial score (nSPS) is 14.5. The first-order valence-corrected chi connectivity index (χ1v) is 9.47. The van der Waals surface area contributed by atoms with Gasteiger partial charge < -0.3 is 9.66 Å². The van der Waals surface area contributed by atoms with Gasteiger partial charge in [-0.3, -0.25) is 0 Å². The number of unbranched alkanes of at least 4 members (excludes halogenated alkanes) is 6. The van der Waals surface area contributed by atoms with E-state index in [9.17, 15) is 18.1 Å². The Morgan fingerprint density at radius 1 is 0.905 bits per heavy atom. The maximum atomic E-state index is 10.7. The number of rotatable bonds is 13. The molecule has 0 aromatic heterocycles. The van der Waals surface area contributed by atoms with Gasteiger partial charge in [0.15, 0.2) is 0 Å². The summed E-state index contributed by atoms with van der Waals surface area (Å²) in [4.78, 5) is 0.